The third-order valence-electron chi connectivity index (χ3n) is 4.31. The second-order valence-corrected chi connectivity index (χ2v) is 5.44. The van der Waals surface area contributed by atoms with Crippen molar-refractivity contribution in [1.29, 1.82) is 0 Å². The molecule has 0 aromatic heterocycles. The number of benzene rings is 1. The van der Waals surface area contributed by atoms with Crippen LogP contribution in [0.3, 0.4) is 0 Å². The van der Waals surface area contributed by atoms with Gasteiger partial charge in [-0.2, -0.15) is 0 Å². The van der Waals surface area contributed by atoms with Crippen molar-refractivity contribution in [2.45, 2.75) is 39.2 Å². The van der Waals surface area contributed by atoms with Gasteiger partial charge in [-0.05, 0) is 56.5 Å². The summed E-state index contributed by atoms with van der Waals surface area (Å²) in [7, 11) is 0. The minimum absolute atomic E-state index is 0.283. The van der Waals surface area contributed by atoms with Gasteiger partial charge in [0, 0.05) is 6.04 Å². The van der Waals surface area contributed by atoms with E-state index in [0.29, 0.717) is 12.5 Å². The summed E-state index contributed by atoms with van der Waals surface area (Å²) >= 11 is 0. The fourth-order valence-electron chi connectivity index (χ4n) is 3.16. The summed E-state index contributed by atoms with van der Waals surface area (Å²) in [5.41, 5.74) is 4.97. The standard InChI is InChI=1S/C15H20N2O/c1-10-3-4-12-9-14(18)17(15(12)11(10)2)13-5-7-16-8-6-13/h3-4,13,16H,5-9H2,1-2H3. The molecule has 3 rings (SSSR count). The van der Waals surface area contributed by atoms with E-state index in [1.165, 1.54) is 22.4 Å². The van der Waals surface area contributed by atoms with Gasteiger partial charge in [0.1, 0.15) is 0 Å². The molecular weight excluding hydrogens is 224 g/mol. The van der Waals surface area contributed by atoms with Gasteiger partial charge in [-0.3, -0.25) is 4.79 Å². The van der Waals surface area contributed by atoms with Crippen molar-refractivity contribution >= 4 is 11.6 Å². The lowest BCUT2D eigenvalue weighted by Gasteiger charge is -2.33. The number of piperidine rings is 1. The Morgan fingerprint density at radius 2 is 1.94 bits per heavy atom. The average Bonchev–Trinajstić information content (AvgIpc) is 2.72. The van der Waals surface area contributed by atoms with Gasteiger partial charge in [-0.15, -0.1) is 0 Å². The zero-order chi connectivity index (χ0) is 12.7. The van der Waals surface area contributed by atoms with Crippen molar-refractivity contribution in [2.75, 3.05) is 18.0 Å². The fourth-order valence-corrected chi connectivity index (χ4v) is 3.16. The summed E-state index contributed by atoms with van der Waals surface area (Å²) in [5.74, 6) is 0.283. The molecule has 18 heavy (non-hydrogen) atoms. The van der Waals surface area contributed by atoms with E-state index in [2.05, 4.69) is 36.2 Å². The van der Waals surface area contributed by atoms with E-state index >= 15 is 0 Å². The van der Waals surface area contributed by atoms with Crippen LogP contribution in [0.1, 0.15) is 29.5 Å². The van der Waals surface area contributed by atoms with Crippen LogP contribution in [-0.2, 0) is 11.2 Å². The van der Waals surface area contributed by atoms with Crippen molar-refractivity contribution in [3.63, 3.8) is 0 Å². The zero-order valence-corrected chi connectivity index (χ0v) is 11.1. The summed E-state index contributed by atoms with van der Waals surface area (Å²) in [6, 6.07) is 4.64. The number of carbonyl (C=O) groups excluding carboxylic acids is 1. The van der Waals surface area contributed by atoms with Crippen LogP contribution in [0.4, 0.5) is 5.69 Å². The van der Waals surface area contributed by atoms with Crippen molar-refractivity contribution < 1.29 is 4.79 Å². The first-order valence-electron chi connectivity index (χ1n) is 6.80. The van der Waals surface area contributed by atoms with E-state index < -0.39 is 0 Å². The minimum Gasteiger partial charge on any atom is -0.317 e. The molecule has 0 spiro atoms. The maximum Gasteiger partial charge on any atom is 0.231 e. The quantitative estimate of drug-likeness (QED) is 0.819. The van der Waals surface area contributed by atoms with Crippen LogP contribution in [0, 0.1) is 13.8 Å². The number of aryl methyl sites for hydroxylation is 1. The second kappa shape index (κ2) is 4.39. The Morgan fingerprint density at radius 3 is 2.67 bits per heavy atom. The first-order chi connectivity index (χ1) is 8.68. The molecule has 2 aliphatic heterocycles. The fraction of sp³-hybridized carbons (Fsp3) is 0.533. The van der Waals surface area contributed by atoms with Crippen LogP contribution >= 0.6 is 0 Å². The lowest BCUT2D eigenvalue weighted by molar-refractivity contribution is -0.117. The second-order valence-electron chi connectivity index (χ2n) is 5.44. The number of amides is 1. The highest BCUT2D eigenvalue weighted by atomic mass is 16.2. The predicted octanol–water partition coefficient (Wildman–Crippen LogP) is 1.94. The van der Waals surface area contributed by atoms with Crippen LogP contribution in [0.25, 0.3) is 0 Å². The van der Waals surface area contributed by atoms with Crippen molar-refractivity contribution in [3.05, 3.63) is 28.8 Å². The molecule has 1 saturated heterocycles. The van der Waals surface area contributed by atoms with Crippen LogP contribution in [-0.4, -0.2) is 25.0 Å². The monoisotopic (exact) mass is 244 g/mol. The number of rotatable bonds is 1. The molecule has 1 aromatic rings. The topological polar surface area (TPSA) is 32.3 Å². The maximum absolute atomic E-state index is 12.3. The lowest BCUT2D eigenvalue weighted by Crippen LogP contribution is -2.45. The molecule has 0 unspecified atom stereocenters. The molecular formula is C15H20N2O. The molecule has 3 nitrogen and oxygen atoms in total. The number of nitrogens with zero attached hydrogens (tertiary/aromatic N) is 1. The van der Waals surface area contributed by atoms with Gasteiger partial charge in [-0.25, -0.2) is 0 Å². The Bertz CT molecular complexity index is 490. The van der Waals surface area contributed by atoms with Gasteiger partial charge >= 0.3 is 0 Å². The maximum atomic E-state index is 12.3. The number of hydrogen-bond acceptors (Lipinski definition) is 2. The normalized spacial score (nSPS) is 20.3. The molecule has 1 N–H and O–H groups in total. The van der Waals surface area contributed by atoms with E-state index in [-0.39, 0.29) is 5.91 Å². The molecule has 0 atom stereocenters. The number of carbonyl (C=O) groups is 1. The highest BCUT2D eigenvalue weighted by molar-refractivity contribution is 6.03. The highest BCUT2D eigenvalue weighted by Gasteiger charge is 2.34. The Balaban J connectivity index is 2.02. The van der Waals surface area contributed by atoms with E-state index in [4.69, 9.17) is 0 Å². The van der Waals surface area contributed by atoms with Crippen LogP contribution < -0.4 is 10.2 Å². The van der Waals surface area contributed by atoms with Gasteiger partial charge in [0.2, 0.25) is 5.91 Å². The lowest BCUT2D eigenvalue weighted by atomic mass is 10.0. The molecule has 1 amide bonds. The smallest absolute Gasteiger partial charge is 0.231 e. The molecule has 3 heteroatoms. The van der Waals surface area contributed by atoms with Crippen molar-refractivity contribution in [2.24, 2.45) is 0 Å². The van der Waals surface area contributed by atoms with Crippen LogP contribution in [0.15, 0.2) is 12.1 Å². The van der Waals surface area contributed by atoms with Crippen molar-refractivity contribution in [1.82, 2.24) is 5.32 Å². The molecule has 2 heterocycles. The molecule has 0 saturated carbocycles. The molecule has 96 valence electrons. The SMILES string of the molecule is Cc1ccc2c(c1C)N(C1CCNCC1)C(=O)C2. The largest absolute Gasteiger partial charge is 0.317 e. The number of anilines is 1. The van der Waals surface area contributed by atoms with E-state index in [1.807, 2.05) is 0 Å². The third-order valence-corrected chi connectivity index (χ3v) is 4.31. The van der Waals surface area contributed by atoms with Gasteiger partial charge in [0.15, 0.2) is 0 Å². The third kappa shape index (κ3) is 1.74. The van der Waals surface area contributed by atoms with E-state index in [0.717, 1.165) is 25.9 Å². The Labute approximate surface area is 108 Å². The summed E-state index contributed by atoms with van der Waals surface area (Å²) in [5, 5.41) is 3.37. The van der Waals surface area contributed by atoms with Crippen LogP contribution in [0.5, 0.6) is 0 Å². The predicted molar refractivity (Wildman–Crippen MR) is 73.0 cm³/mol. The highest BCUT2D eigenvalue weighted by Crippen LogP contribution is 2.36. The summed E-state index contributed by atoms with van der Waals surface area (Å²) in [6.45, 7) is 6.31. The van der Waals surface area contributed by atoms with Gasteiger partial charge in [0.25, 0.3) is 0 Å². The summed E-state index contributed by atoms with van der Waals surface area (Å²) in [4.78, 5) is 14.4. The van der Waals surface area contributed by atoms with Gasteiger partial charge < -0.3 is 10.2 Å². The summed E-state index contributed by atoms with van der Waals surface area (Å²) in [6.07, 6.45) is 2.72. The first kappa shape index (κ1) is 11.7. The van der Waals surface area contributed by atoms with E-state index in [9.17, 15) is 4.79 Å². The number of nitrogens with one attached hydrogen (secondary N) is 1. The van der Waals surface area contributed by atoms with Gasteiger partial charge in [0.05, 0.1) is 12.1 Å². The zero-order valence-electron chi connectivity index (χ0n) is 11.1. The van der Waals surface area contributed by atoms with Crippen molar-refractivity contribution in [3.8, 4) is 0 Å². The molecule has 1 fully saturated rings. The Hall–Kier alpha value is -1.35. The minimum atomic E-state index is 0.283. The molecule has 2 aliphatic rings. The molecule has 0 bridgehead atoms. The summed E-state index contributed by atoms with van der Waals surface area (Å²) < 4.78 is 0. The molecule has 1 aromatic carbocycles. The Morgan fingerprint density at radius 1 is 1.22 bits per heavy atom. The Kier molecular flexibility index (Phi) is 2.86. The van der Waals surface area contributed by atoms with E-state index in [1.54, 1.807) is 0 Å². The van der Waals surface area contributed by atoms with Gasteiger partial charge in [-0.1, -0.05) is 12.1 Å². The number of fused-ring (bicyclic) bond motifs is 1. The number of hydrogen-bond donors (Lipinski definition) is 1. The molecule has 0 radical (unpaired) electrons. The first-order valence-corrected chi connectivity index (χ1v) is 6.80. The average molecular weight is 244 g/mol. The van der Waals surface area contributed by atoms with Crippen LogP contribution in [0.2, 0.25) is 0 Å². The molecule has 0 aliphatic carbocycles.